The zero-order valence-corrected chi connectivity index (χ0v) is 40.6. The fourth-order valence-electron chi connectivity index (χ4n) is 9.33. The van der Waals surface area contributed by atoms with E-state index in [2.05, 4.69) is 235 Å². The van der Waals surface area contributed by atoms with Gasteiger partial charge in [0.2, 0.25) is 0 Å². The third kappa shape index (κ3) is 9.38. The van der Waals surface area contributed by atoms with E-state index in [1.807, 2.05) is 22.7 Å². The van der Waals surface area contributed by atoms with Crippen LogP contribution >= 0.6 is 22.7 Å². The molecule has 0 radical (unpaired) electrons. The lowest BCUT2D eigenvalue weighted by Gasteiger charge is -2.25. The summed E-state index contributed by atoms with van der Waals surface area (Å²) < 4.78 is 0. The van der Waals surface area contributed by atoms with Gasteiger partial charge < -0.3 is 9.80 Å². The van der Waals surface area contributed by atoms with E-state index in [0.29, 0.717) is 0 Å². The summed E-state index contributed by atoms with van der Waals surface area (Å²) in [6.07, 6.45) is 12.7. The Morgan fingerprint density at radius 3 is 0.877 bits per heavy atom. The molecule has 2 heterocycles. The Hall–Kier alpha value is -6.46. The molecule has 0 bridgehead atoms. The summed E-state index contributed by atoms with van der Waals surface area (Å²) in [6, 6.07) is 53.1. The second-order valence-electron chi connectivity index (χ2n) is 17.7. The average molecular weight is 883 g/mol. The van der Waals surface area contributed by atoms with Crippen molar-refractivity contribution in [1.29, 1.82) is 0 Å². The van der Waals surface area contributed by atoms with Crippen molar-refractivity contribution in [1.82, 2.24) is 0 Å². The molecule has 324 valence electrons. The minimum Gasteiger partial charge on any atom is -0.311 e. The molecule has 0 spiro atoms. The summed E-state index contributed by atoms with van der Waals surface area (Å²) in [5.41, 5.74) is 23.2. The van der Waals surface area contributed by atoms with E-state index in [4.69, 9.17) is 0 Å². The summed E-state index contributed by atoms with van der Waals surface area (Å²) in [5.74, 6) is 0. The topological polar surface area (TPSA) is 6.48 Å². The molecule has 0 saturated carbocycles. The smallest absolute Gasteiger partial charge is 0.0462 e. The van der Waals surface area contributed by atoms with Gasteiger partial charge in [0.05, 0.1) is 0 Å². The van der Waals surface area contributed by atoms with Crippen LogP contribution in [0.2, 0.25) is 0 Å². The van der Waals surface area contributed by atoms with Crippen molar-refractivity contribution in [2.75, 3.05) is 9.80 Å². The molecule has 4 heteroatoms. The maximum Gasteiger partial charge on any atom is 0.0462 e. The van der Waals surface area contributed by atoms with E-state index in [-0.39, 0.29) is 0 Å². The van der Waals surface area contributed by atoms with Crippen LogP contribution in [-0.4, -0.2) is 0 Å². The molecule has 0 aliphatic heterocycles. The van der Waals surface area contributed by atoms with Gasteiger partial charge in [-0.05, 0) is 204 Å². The lowest BCUT2D eigenvalue weighted by atomic mass is 9.92. The van der Waals surface area contributed by atoms with Crippen molar-refractivity contribution in [3.05, 3.63) is 221 Å². The van der Waals surface area contributed by atoms with E-state index >= 15 is 0 Å². The van der Waals surface area contributed by atoms with Crippen LogP contribution in [0.4, 0.5) is 34.1 Å². The Bertz CT molecular complexity index is 2730. The quantitative estimate of drug-likeness (QED) is 0.121. The minimum atomic E-state index is 1.13. The van der Waals surface area contributed by atoms with Crippen LogP contribution in [0.5, 0.6) is 0 Å². The highest BCUT2D eigenvalue weighted by atomic mass is 32.1. The lowest BCUT2D eigenvalue weighted by Crippen LogP contribution is -2.09. The summed E-state index contributed by atoms with van der Waals surface area (Å²) in [6.45, 7) is 17.9. The normalized spacial score (nSPS) is 12.9. The summed E-state index contributed by atoms with van der Waals surface area (Å²) in [5, 5.41) is 0. The van der Waals surface area contributed by atoms with Crippen LogP contribution in [0.25, 0.3) is 35.5 Å². The molecule has 8 aromatic rings. The van der Waals surface area contributed by atoms with Gasteiger partial charge in [0.15, 0.2) is 0 Å². The Balaban J connectivity index is 0.945. The van der Waals surface area contributed by atoms with Gasteiger partial charge in [-0.3, -0.25) is 0 Å². The number of thiophene rings is 2. The first-order valence-electron chi connectivity index (χ1n) is 22.9. The van der Waals surface area contributed by atoms with Gasteiger partial charge in [-0.25, -0.2) is 0 Å². The second kappa shape index (κ2) is 18.9. The lowest BCUT2D eigenvalue weighted by molar-refractivity contribution is 0.940. The number of hydrogen-bond donors (Lipinski definition) is 0. The minimum absolute atomic E-state index is 1.13. The average Bonchev–Trinajstić information content (AvgIpc) is 3.98. The Labute approximate surface area is 395 Å². The molecule has 0 unspecified atom stereocenters. The first-order chi connectivity index (χ1) is 31.5. The molecular weight excluding hydrogens is 825 g/mol. The molecule has 0 N–H and O–H groups in total. The Morgan fingerprint density at radius 1 is 0.338 bits per heavy atom. The number of rotatable bonds is 12. The number of nitrogens with zero attached hydrogens (tertiary/aromatic N) is 2. The molecule has 2 nitrogen and oxygen atoms in total. The summed E-state index contributed by atoms with van der Waals surface area (Å²) in [4.78, 5) is 10.2. The van der Waals surface area contributed by atoms with Crippen molar-refractivity contribution in [3.63, 3.8) is 0 Å². The van der Waals surface area contributed by atoms with Crippen molar-refractivity contribution in [2.24, 2.45) is 0 Å². The highest BCUT2D eigenvalue weighted by molar-refractivity contribution is 7.13. The fourth-order valence-corrected chi connectivity index (χ4v) is 11.5. The molecule has 0 saturated heterocycles. The second-order valence-corrected chi connectivity index (χ2v) is 20.2. The highest BCUT2D eigenvalue weighted by Gasteiger charge is 2.26. The molecule has 0 atom stereocenters. The molecule has 6 aromatic carbocycles. The number of anilines is 6. The highest BCUT2D eigenvalue weighted by Crippen LogP contribution is 2.48. The number of benzene rings is 6. The van der Waals surface area contributed by atoms with Crippen LogP contribution in [-0.2, 0) is 0 Å². The van der Waals surface area contributed by atoms with Crippen LogP contribution < -0.4 is 9.80 Å². The van der Waals surface area contributed by atoms with Crippen molar-refractivity contribution < 1.29 is 0 Å². The molecule has 1 aliphatic rings. The Kier molecular flexibility index (Phi) is 12.8. The van der Waals surface area contributed by atoms with E-state index in [9.17, 15) is 0 Å². The van der Waals surface area contributed by atoms with Crippen LogP contribution in [0.15, 0.2) is 146 Å². The Morgan fingerprint density at radius 2 is 0.600 bits per heavy atom. The van der Waals surface area contributed by atoms with Crippen LogP contribution in [0.3, 0.4) is 0 Å². The predicted octanol–water partition coefficient (Wildman–Crippen LogP) is 18.7. The first-order valence-corrected chi connectivity index (χ1v) is 24.5. The first kappa shape index (κ1) is 43.8. The third-order valence-corrected chi connectivity index (χ3v) is 15.2. The maximum atomic E-state index is 2.33. The van der Waals surface area contributed by atoms with Crippen molar-refractivity contribution in [2.45, 2.75) is 74.7 Å². The molecule has 0 fully saturated rings. The van der Waals surface area contributed by atoms with Gasteiger partial charge in [-0.2, -0.15) is 0 Å². The SMILES string of the molecule is Cc1ccc(N(c2ccc(C)cc2)c2ccc(/C=C/c3sc(C)c(C4=C(c5c(C)sc(/C=C/c6ccc(N(c7ccc(C)cc7)c7ccc(C)cc7)cc6)c5C)CCC4)c3C)cc2)cc1. The molecule has 9 rings (SSSR count). The number of allylic oxidation sites excluding steroid dienone is 2. The van der Waals surface area contributed by atoms with Gasteiger partial charge in [-0.15, -0.1) is 22.7 Å². The predicted molar refractivity (Wildman–Crippen MR) is 287 cm³/mol. The van der Waals surface area contributed by atoms with E-state index in [1.165, 1.54) is 81.6 Å². The summed E-state index contributed by atoms with van der Waals surface area (Å²) >= 11 is 3.86. The number of aryl methyl sites for hydroxylation is 6. The zero-order chi connectivity index (χ0) is 45.2. The van der Waals surface area contributed by atoms with Gasteiger partial charge in [0.25, 0.3) is 0 Å². The van der Waals surface area contributed by atoms with Gasteiger partial charge in [-0.1, -0.05) is 107 Å². The van der Waals surface area contributed by atoms with Crippen LogP contribution in [0.1, 0.15) is 94.4 Å². The fraction of sp³-hybridized carbons (Fsp3) is 0.180. The van der Waals surface area contributed by atoms with Crippen LogP contribution in [0, 0.1) is 55.4 Å². The molecule has 65 heavy (non-hydrogen) atoms. The van der Waals surface area contributed by atoms with E-state index < -0.39 is 0 Å². The molecule has 2 aromatic heterocycles. The third-order valence-electron chi connectivity index (χ3n) is 12.9. The van der Waals surface area contributed by atoms with Gasteiger partial charge >= 0.3 is 0 Å². The zero-order valence-electron chi connectivity index (χ0n) is 39.0. The molecule has 1 aliphatic carbocycles. The maximum absolute atomic E-state index is 2.33. The monoisotopic (exact) mass is 882 g/mol. The van der Waals surface area contributed by atoms with E-state index in [0.717, 1.165) is 47.0 Å². The molecule has 0 amide bonds. The largest absolute Gasteiger partial charge is 0.311 e. The summed E-state index contributed by atoms with van der Waals surface area (Å²) in [7, 11) is 0. The van der Waals surface area contributed by atoms with Crippen molar-refractivity contribution in [3.8, 4) is 0 Å². The van der Waals surface area contributed by atoms with Crippen molar-refractivity contribution >= 4 is 92.2 Å². The number of hydrogen-bond acceptors (Lipinski definition) is 4. The van der Waals surface area contributed by atoms with Gasteiger partial charge in [0.1, 0.15) is 0 Å². The van der Waals surface area contributed by atoms with Gasteiger partial charge in [0, 0.05) is 53.6 Å². The standard InChI is InChI=1S/C61H58N2S2/c1-40-12-26-50(27-13-40)62(51-28-14-41(2)15-29-51)54-34-20-48(21-35-54)24-38-58-44(5)60(46(7)64-58)56-10-9-11-57(56)61-45(6)59(65-47(61)8)39-25-49-22-36-55(37-23-49)63(52-30-16-42(3)17-31-52)53-32-18-43(4)19-33-53/h12-39H,9-11H2,1-8H3/b38-24+,39-25+. The molecular formula is C61H58N2S2. The van der Waals surface area contributed by atoms with E-state index in [1.54, 1.807) is 11.1 Å².